The van der Waals surface area contributed by atoms with Crippen molar-refractivity contribution in [1.82, 2.24) is 10.4 Å². The monoisotopic (exact) mass is 406 g/mol. The van der Waals surface area contributed by atoms with Crippen LogP contribution < -0.4 is 10.2 Å². The van der Waals surface area contributed by atoms with E-state index in [1.54, 1.807) is 35.2 Å². The summed E-state index contributed by atoms with van der Waals surface area (Å²) in [5.74, 6) is -0.150. The lowest BCUT2D eigenvalue weighted by Crippen LogP contribution is -2.52. The predicted octanol–water partition coefficient (Wildman–Crippen LogP) is 2.85. The number of carbonyl (C=O) groups is 3. The Morgan fingerprint density at radius 3 is 2.53 bits per heavy atom. The number of nitrogens with zero attached hydrogens (tertiary/aromatic N) is 1. The number of likely N-dealkylation sites (tertiary alicyclic amines) is 1. The van der Waals surface area contributed by atoms with E-state index in [9.17, 15) is 14.4 Å². The number of hydroxylamine groups is 1. The van der Waals surface area contributed by atoms with Gasteiger partial charge in [0.25, 0.3) is 11.8 Å². The van der Waals surface area contributed by atoms with Crippen molar-refractivity contribution < 1.29 is 24.3 Å². The zero-order chi connectivity index (χ0) is 21.1. The summed E-state index contributed by atoms with van der Waals surface area (Å²) < 4.78 is 6.30. The summed E-state index contributed by atoms with van der Waals surface area (Å²) in [6, 6.07) is 14.3. The fourth-order valence-corrected chi connectivity index (χ4v) is 3.98. The van der Waals surface area contributed by atoms with Gasteiger partial charge in [0, 0.05) is 37.6 Å². The van der Waals surface area contributed by atoms with Crippen molar-refractivity contribution in [1.29, 1.82) is 0 Å². The van der Waals surface area contributed by atoms with Crippen molar-refractivity contribution in [2.75, 3.05) is 13.1 Å². The van der Waals surface area contributed by atoms with Crippen molar-refractivity contribution in [3.05, 3.63) is 71.3 Å². The Morgan fingerprint density at radius 1 is 1.10 bits per heavy atom. The molecular weight excluding hydrogens is 384 g/mol. The van der Waals surface area contributed by atoms with Crippen LogP contribution in [0.25, 0.3) is 6.08 Å². The Morgan fingerprint density at radius 2 is 1.83 bits per heavy atom. The molecule has 30 heavy (non-hydrogen) atoms. The van der Waals surface area contributed by atoms with E-state index in [0.29, 0.717) is 48.4 Å². The third-order valence-corrected chi connectivity index (χ3v) is 5.64. The molecule has 2 heterocycles. The summed E-state index contributed by atoms with van der Waals surface area (Å²) in [5.41, 5.74) is 2.77. The van der Waals surface area contributed by atoms with Crippen LogP contribution in [0.3, 0.4) is 0 Å². The number of nitrogens with one attached hydrogen (secondary N) is 1. The van der Waals surface area contributed by atoms with Gasteiger partial charge in [-0.05, 0) is 35.9 Å². The molecule has 2 aromatic carbocycles. The van der Waals surface area contributed by atoms with Gasteiger partial charge in [-0.2, -0.15) is 0 Å². The van der Waals surface area contributed by atoms with Gasteiger partial charge in [0.05, 0.1) is 12.0 Å². The minimum absolute atomic E-state index is 0.0115. The smallest absolute Gasteiger partial charge is 0.267 e. The lowest BCUT2D eigenvalue weighted by Gasteiger charge is -2.44. The molecule has 2 aromatic rings. The number of rotatable bonds is 3. The number of piperidine rings is 1. The molecule has 2 aliphatic rings. The fourth-order valence-electron chi connectivity index (χ4n) is 3.98. The van der Waals surface area contributed by atoms with Crippen LogP contribution in [-0.2, 0) is 4.79 Å². The summed E-state index contributed by atoms with van der Waals surface area (Å²) in [6.07, 6.45) is 4.15. The molecule has 0 atom stereocenters. The second-order valence-electron chi connectivity index (χ2n) is 7.61. The molecule has 0 bridgehead atoms. The van der Waals surface area contributed by atoms with Crippen molar-refractivity contribution in [3.8, 4) is 5.75 Å². The van der Waals surface area contributed by atoms with Crippen molar-refractivity contribution in [2.24, 2.45) is 0 Å². The largest absolute Gasteiger partial charge is 0.486 e. The van der Waals surface area contributed by atoms with E-state index in [-0.39, 0.29) is 18.1 Å². The topological polar surface area (TPSA) is 95.9 Å². The number of hydrogen-bond donors (Lipinski definition) is 2. The van der Waals surface area contributed by atoms with E-state index < -0.39 is 11.5 Å². The van der Waals surface area contributed by atoms with E-state index in [1.807, 2.05) is 18.2 Å². The van der Waals surface area contributed by atoms with Gasteiger partial charge in [-0.1, -0.05) is 24.3 Å². The van der Waals surface area contributed by atoms with Crippen LogP contribution in [0.2, 0.25) is 0 Å². The lowest BCUT2D eigenvalue weighted by atomic mass is 9.82. The first-order chi connectivity index (χ1) is 14.5. The van der Waals surface area contributed by atoms with Crippen LogP contribution in [-0.4, -0.2) is 46.4 Å². The zero-order valence-electron chi connectivity index (χ0n) is 16.3. The molecular formula is C23H22N2O5. The Kier molecular flexibility index (Phi) is 5.37. The molecule has 4 rings (SSSR count). The van der Waals surface area contributed by atoms with Crippen LogP contribution in [0, 0.1) is 0 Å². The van der Waals surface area contributed by atoms with E-state index in [1.165, 1.54) is 17.6 Å². The minimum Gasteiger partial charge on any atom is -0.486 e. The quantitative estimate of drug-likeness (QED) is 0.464. The Balaban J connectivity index is 1.49. The van der Waals surface area contributed by atoms with Crippen LogP contribution in [0.5, 0.6) is 5.75 Å². The van der Waals surface area contributed by atoms with Gasteiger partial charge in [0.1, 0.15) is 11.4 Å². The van der Waals surface area contributed by atoms with E-state index in [0.717, 1.165) is 0 Å². The molecule has 7 heteroatoms. The van der Waals surface area contributed by atoms with Crippen molar-refractivity contribution >= 4 is 23.7 Å². The van der Waals surface area contributed by atoms with E-state index in [4.69, 9.17) is 9.94 Å². The van der Waals surface area contributed by atoms with Crippen LogP contribution >= 0.6 is 0 Å². The summed E-state index contributed by atoms with van der Waals surface area (Å²) >= 11 is 0. The highest BCUT2D eigenvalue weighted by atomic mass is 16.5. The Bertz CT molecular complexity index is 1010. The molecule has 2 aliphatic heterocycles. The number of ketones is 1. The molecule has 7 nitrogen and oxygen atoms in total. The summed E-state index contributed by atoms with van der Waals surface area (Å²) in [6.45, 7) is 1.04. The van der Waals surface area contributed by atoms with Crippen molar-refractivity contribution in [2.45, 2.75) is 24.9 Å². The van der Waals surface area contributed by atoms with E-state index in [2.05, 4.69) is 0 Å². The van der Waals surface area contributed by atoms with E-state index >= 15 is 0 Å². The highest BCUT2D eigenvalue weighted by Crippen LogP contribution is 2.40. The molecule has 0 aromatic heterocycles. The molecule has 2 amide bonds. The molecule has 0 aliphatic carbocycles. The van der Waals surface area contributed by atoms with Gasteiger partial charge >= 0.3 is 0 Å². The second-order valence-corrected chi connectivity index (χ2v) is 7.61. The average Bonchev–Trinajstić information content (AvgIpc) is 2.77. The number of benzene rings is 2. The molecule has 2 N–H and O–H groups in total. The first-order valence-electron chi connectivity index (χ1n) is 9.82. The normalized spacial score (nSPS) is 17.5. The number of Topliss-reactive ketones (excluding diaryl/α,β-unsaturated/α-hetero) is 1. The number of ether oxygens (including phenoxy) is 1. The molecule has 1 saturated heterocycles. The van der Waals surface area contributed by atoms with Crippen LogP contribution in [0.4, 0.5) is 0 Å². The number of amides is 2. The summed E-state index contributed by atoms with van der Waals surface area (Å²) in [4.78, 5) is 38.4. The zero-order valence-corrected chi connectivity index (χ0v) is 16.3. The average molecular weight is 406 g/mol. The minimum atomic E-state index is -0.642. The van der Waals surface area contributed by atoms with Crippen LogP contribution in [0.15, 0.2) is 54.6 Å². The van der Waals surface area contributed by atoms with Crippen molar-refractivity contribution in [3.63, 3.8) is 0 Å². The predicted molar refractivity (Wildman–Crippen MR) is 109 cm³/mol. The maximum atomic E-state index is 12.7. The number of hydrogen-bond acceptors (Lipinski definition) is 5. The number of fused-ring (bicyclic) bond motifs is 1. The highest BCUT2D eigenvalue weighted by molar-refractivity contribution is 6.01. The number of carbonyl (C=O) groups excluding carboxylic acids is 3. The molecule has 1 spiro atoms. The molecule has 0 unspecified atom stereocenters. The van der Waals surface area contributed by atoms with Gasteiger partial charge in [-0.25, -0.2) is 5.48 Å². The third kappa shape index (κ3) is 3.97. The maximum absolute atomic E-state index is 12.7. The maximum Gasteiger partial charge on any atom is 0.267 e. The second kappa shape index (κ2) is 8.12. The highest BCUT2D eigenvalue weighted by Gasteiger charge is 2.43. The fraction of sp³-hybridized carbons (Fsp3) is 0.261. The summed E-state index contributed by atoms with van der Waals surface area (Å²) in [7, 11) is 0. The van der Waals surface area contributed by atoms with Gasteiger partial charge in [0.15, 0.2) is 5.78 Å². The SMILES string of the molecule is O=C(/C=C/c1ccc2c(c1)OC1(CCN(C(=O)c3ccccc3)CC1)CC2=O)NO. The lowest BCUT2D eigenvalue weighted by molar-refractivity contribution is -0.124. The first kappa shape index (κ1) is 19.8. The Hall–Kier alpha value is -3.45. The first-order valence-corrected chi connectivity index (χ1v) is 9.82. The molecule has 154 valence electrons. The van der Waals surface area contributed by atoms with Gasteiger partial charge in [0.2, 0.25) is 0 Å². The standard InChI is InChI=1S/C23H22N2O5/c26-19-15-23(10-12-25(13-11-23)22(28)17-4-2-1-3-5-17)30-20-14-16(6-8-18(19)20)7-9-21(27)24-29/h1-9,14,29H,10-13,15H2,(H,24,27)/b9-7+. The Labute approximate surface area is 173 Å². The summed E-state index contributed by atoms with van der Waals surface area (Å²) in [5, 5.41) is 8.59. The van der Waals surface area contributed by atoms with Gasteiger partial charge in [-0.3, -0.25) is 19.6 Å². The third-order valence-electron chi connectivity index (χ3n) is 5.64. The molecule has 0 radical (unpaired) electrons. The van der Waals surface area contributed by atoms with Crippen LogP contribution in [0.1, 0.15) is 45.5 Å². The van der Waals surface area contributed by atoms with Gasteiger partial charge < -0.3 is 9.64 Å². The molecule has 0 saturated carbocycles. The molecule has 1 fully saturated rings. The van der Waals surface area contributed by atoms with Gasteiger partial charge in [-0.15, -0.1) is 0 Å².